The number of benzene rings is 1. The smallest absolute Gasteiger partial charge is 0.410 e. The van der Waals surface area contributed by atoms with Gasteiger partial charge >= 0.3 is 6.09 Å². The van der Waals surface area contributed by atoms with E-state index in [-0.39, 0.29) is 18.0 Å². The van der Waals surface area contributed by atoms with Gasteiger partial charge in [-0.2, -0.15) is 0 Å². The van der Waals surface area contributed by atoms with E-state index < -0.39 is 5.60 Å². The molecule has 0 aromatic heterocycles. The molecule has 1 aliphatic heterocycles. The second kappa shape index (κ2) is 7.07. The van der Waals surface area contributed by atoms with Crippen molar-refractivity contribution in [3.05, 3.63) is 42.0 Å². The normalized spacial score (nSPS) is 18.2. The number of hydrogen-bond acceptors (Lipinski definition) is 3. The quantitative estimate of drug-likeness (QED) is 0.835. The van der Waals surface area contributed by atoms with Crippen LogP contribution < -0.4 is 0 Å². The third-order valence-electron chi connectivity index (χ3n) is 3.95. The zero-order valence-electron chi connectivity index (χ0n) is 14.9. The Morgan fingerprint density at radius 3 is 2.50 bits per heavy atom. The van der Waals surface area contributed by atoms with E-state index in [0.29, 0.717) is 25.2 Å². The molecule has 0 aliphatic carbocycles. The Morgan fingerprint density at radius 2 is 1.92 bits per heavy atom. The number of nitrogens with zero attached hydrogens (tertiary/aromatic N) is 2. The first-order valence-electron chi connectivity index (χ1n) is 8.23. The van der Waals surface area contributed by atoms with E-state index in [1.54, 1.807) is 11.0 Å². The second-order valence-corrected chi connectivity index (χ2v) is 7.07. The van der Waals surface area contributed by atoms with Gasteiger partial charge in [0.15, 0.2) is 0 Å². The summed E-state index contributed by atoms with van der Waals surface area (Å²) >= 11 is 0. The molecule has 2 rings (SSSR count). The van der Waals surface area contributed by atoms with Gasteiger partial charge in [-0.1, -0.05) is 30.9 Å². The van der Waals surface area contributed by atoms with Gasteiger partial charge in [0.25, 0.3) is 5.91 Å². The molecule has 5 heteroatoms. The van der Waals surface area contributed by atoms with Crippen LogP contribution in [0, 0.1) is 0 Å². The van der Waals surface area contributed by atoms with Crippen molar-refractivity contribution in [3.63, 3.8) is 0 Å². The fourth-order valence-electron chi connectivity index (χ4n) is 2.78. The summed E-state index contributed by atoms with van der Waals surface area (Å²) in [6.07, 6.45) is 1.36. The first-order valence-corrected chi connectivity index (χ1v) is 8.23. The maximum Gasteiger partial charge on any atom is 0.410 e. The Bertz CT molecular complexity index is 634. The highest BCUT2D eigenvalue weighted by molar-refractivity contribution is 5.98. The second-order valence-electron chi connectivity index (χ2n) is 7.07. The monoisotopic (exact) mass is 330 g/mol. The number of carbonyl (C=O) groups is 2. The van der Waals surface area contributed by atoms with Crippen molar-refractivity contribution < 1.29 is 14.3 Å². The fourth-order valence-corrected chi connectivity index (χ4v) is 2.78. The highest BCUT2D eigenvalue weighted by Crippen LogP contribution is 2.19. The lowest BCUT2D eigenvalue weighted by molar-refractivity contribution is 0.00616. The molecule has 130 valence electrons. The van der Waals surface area contributed by atoms with Crippen LogP contribution in [-0.4, -0.2) is 53.1 Å². The van der Waals surface area contributed by atoms with Gasteiger partial charge in [0.2, 0.25) is 0 Å². The van der Waals surface area contributed by atoms with Crippen molar-refractivity contribution in [2.75, 3.05) is 19.6 Å². The van der Waals surface area contributed by atoms with Gasteiger partial charge in [-0.15, -0.1) is 0 Å². The lowest BCUT2D eigenvalue weighted by atomic mass is 10.0. The molecule has 1 aliphatic rings. The number of amides is 2. The molecule has 0 unspecified atom stereocenters. The van der Waals surface area contributed by atoms with Gasteiger partial charge in [-0.05, 0) is 39.3 Å². The Morgan fingerprint density at radius 1 is 1.25 bits per heavy atom. The molecule has 0 saturated carbocycles. The van der Waals surface area contributed by atoms with Gasteiger partial charge in [0.1, 0.15) is 5.60 Å². The third kappa shape index (κ3) is 4.16. The topological polar surface area (TPSA) is 49.9 Å². The summed E-state index contributed by atoms with van der Waals surface area (Å²) in [6.45, 7) is 12.7. The highest BCUT2D eigenvalue weighted by Gasteiger charge is 2.32. The number of piperazine rings is 1. The average molecular weight is 330 g/mol. The molecular formula is C19H26N2O3. The molecule has 1 atom stereocenters. The Hall–Kier alpha value is -2.30. The zero-order chi connectivity index (χ0) is 17.9. The van der Waals surface area contributed by atoms with Crippen LogP contribution in [0.5, 0.6) is 0 Å². The lowest BCUT2D eigenvalue weighted by Crippen LogP contribution is -2.56. The molecule has 0 N–H and O–H groups in total. The van der Waals surface area contributed by atoms with Gasteiger partial charge in [-0.3, -0.25) is 4.79 Å². The van der Waals surface area contributed by atoms with Crippen LogP contribution in [0.3, 0.4) is 0 Å². The minimum atomic E-state index is -0.518. The number of hydrogen-bond donors (Lipinski definition) is 0. The largest absolute Gasteiger partial charge is 0.444 e. The number of carbonyl (C=O) groups excluding carboxylic acids is 2. The Kier molecular flexibility index (Phi) is 5.32. The van der Waals surface area contributed by atoms with Crippen LogP contribution in [0.4, 0.5) is 4.79 Å². The van der Waals surface area contributed by atoms with Crippen LogP contribution in [0.1, 0.15) is 43.6 Å². The molecule has 1 heterocycles. The van der Waals surface area contributed by atoms with Crippen molar-refractivity contribution >= 4 is 18.1 Å². The summed E-state index contributed by atoms with van der Waals surface area (Å²) in [5.41, 5.74) is 0.949. The van der Waals surface area contributed by atoms with Crippen LogP contribution in [0.25, 0.3) is 6.08 Å². The van der Waals surface area contributed by atoms with Gasteiger partial charge < -0.3 is 14.5 Å². The zero-order valence-corrected chi connectivity index (χ0v) is 14.9. The van der Waals surface area contributed by atoms with Crippen molar-refractivity contribution in [2.45, 2.75) is 39.3 Å². The Balaban J connectivity index is 2.07. The molecule has 5 nitrogen and oxygen atoms in total. The van der Waals surface area contributed by atoms with E-state index in [9.17, 15) is 9.59 Å². The van der Waals surface area contributed by atoms with E-state index in [0.717, 1.165) is 5.56 Å². The molecule has 1 fully saturated rings. The van der Waals surface area contributed by atoms with E-state index in [2.05, 4.69) is 6.58 Å². The number of rotatable bonds is 2. The minimum Gasteiger partial charge on any atom is -0.444 e. The highest BCUT2D eigenvalue weighted by atomic mass is 16.6. The molecule has 24 heavy (non-hydrogen) atoms. The predicted octanol–water partition coefficient (Wildman–Crippen LogP) is 3.41. The first kappa shape index (κ1) is 18.0. The summed E-state index contributed by atoms with van der Waals surface area (Å²) in [5, 5.41) is 0. The summed E-state index contributed by atoms with van der Waals surface area (Å²) in [5.74, 6) is -0.0261. The van der Waals surface area contributed by atoms with Gasteiger partial charge in [0, 0.05) is 31.2 Å². The van der Waals surface area contributed by atoms with Crippen molar-refractivity contribution in [1.82, 2.24) is 9.80 Å². The van der Waals surface area contributed by atoms with E-state index >= 15 is 0 Å². The van der Waals surface area contributed by atoms with E-state index in [4.69, 9.17) is 4.74 Å². The maximum atomic E-state index is 12.8. The molecule has 1 aromatic rings. The molecule has 2 amide bonds. The Labute approximate surface area is 143 Å². The van der Waals surface area contributed by atoms with Crippen LogP contribution >= 0.6 is 0 Å². The van der Waals surface area contributed by atoms with Crippen LogP contribution in [0.2, 0.25) is 0 Å². The van der Waals surface area contributed by atoms with Gasteiger partial charge in [-0.25, -0.2) is 4.79 Å². The molecule has 1 saturated heterocycles. The summed E-state index contributed by atoms with van der Waals surface area (Å²) in [4.78, 5) is 28.5. The summed E-state index contributed by atoms with van der Waals surface area (Å²) in [6, 6.07) is 7.35. The molecule has 0 spiro atoms. The number of ether oxygens (including phenoxy) is 1. The maximum absolute atomic E-state index is 12.8. The molecule has 0 radical (unpaired) electrons. The first-order chi connectivity index (χ1) is 11.2. The SMILES string of the molecule is C=Cc1ccccc1C(=O)N1CCN(C(=O)OC(C)(C)C)C[C@H]1C. The molecular weight excluding hydrogens is 304 g/mol. The fraction of sp³-hybridized carbons (Fsp3) is 0.474. The summed E-state index contributed by atoms with van der Waals surface area (Å²) < 4.78 is 5.41. The van der Waals surface area contributed by atoms with E-state index in [1.165, 1.54) is 0 Å². The molecule has 0 bridgehead atoms. The van der Waals surface area contributed by atoms with Crippen molar-refractivity contribution in [3.8, 4) is 0 Å². The standard InChI is InChI=1S/C19H26N2O3/c1-6-15-9-7-8-10-16(15)17(22)21-12-11-20(13-14(21)2)18(23)24-19(3,4)5/h6-10,14H,1,11-13H2,2-5H3/t14-/m1/s1. The lowest BCUT2D eigenvalue weighted by Gasteiger charge is -2.40. The van der Waals surface area contributed by atoms with E-state index in [1.807, 2.05) is 56.9 Å². The van der Waals surface area contributed by atoms with Gasteiger partial charge in [0.05, 0.1) is 0 Å². The third-order valence-corrected chi connectivity index (χ3v) is 3.95. The van der Waals surface area contributed by atoms with Crippen LogP contribution in [-0.2, 0) is 4.74 Å². The van der Waals surface area contributed by atoms with Crippen LogP contribution in [0.15, 0.2) is 30.8 Å². The summed E-state index contributed by atoms with van der Waals surface area (Å²) in [7, 11) is 0. The predicted molar refractivity (Wildman–Crippen MR) is 94.8 cm³/mol. The molecule has 1 aromatic carbocycles. The average Bonchev–Trinajstić information content (AvgIpc) is 2.52. The van der Waals surface area contributed by atoms with Crippen molar-refractivity contribution in [1.29, 1.82) is 0 Å². The minimum absolute atomic E-state index is 0.0261. The van der Waals surface area contributed by atoms with Crippen molar-refractivity contribution in [2.24, 2.45) is 0 Å².